The second kappa shape index (κ2) is 3.96. The maximum absolute atomic E-state index is 10.6. The minimum Gasteiger partial charge on any atom is -0.477 e. The molecule has 0 aromatic carbocycles. The fourth-order valence-electron chi connectivity index (χ4n) is 0.699. The maximum Gasteiger partial charge on any atom is 0.341 e. The van der Waals surface area contributed by atoms with Crippen molar-refractivity contribution in [3.8, 4) is 5.88 Å². The van der Waals surface area contributed by atoms with Gasteiger partial charge in [-0.1, -0.05) is 0 Å². The van der Waals surface area contributed by atoms with Gasteiger partial charge in [-0.05, 0) is 12.1 Å². The molecule has 0 atom stereocenters. The summed E-state index contributed by atoms with van der Waals surface area (Å²) in [6.07, 6.45) is 3.18. The number of aromatic carboxylic acids is 1. The highest BCUT2D eigenvalue weighted by Crippen LogP contribution is 2.17. The van der Waals surface area contributed by atoms with Gasteiger partial charge in [0.05, 0.1) is 12.0 Å². The van der Waals surface area contributed by atoms with Crippen molar-refractivity contribution < 1.29 is 14.1 Å². The van der Waals surface area contributed by atoms with Gasteiger partial charge in [0, 0.05) is 12.5 Å². The first-order chi connectivity index (χ1) is 5.75. The molecule has 0 aliphatic heterocycles. The van der Waals surface area contributed by atoms with Crippen molar-refractivity contribution in [1.29, 1.82) is 0 Å². The normalized spacial score (nSPS) is 9.42. The third kappa shape index (κ3) is 1.88. The van der Waals surface area contributed by atoms with Crippen LogP contribution in [-0.2, 0) is 0 Å². The molecule has 1 heterocycles. The first kappa shape index (κ1) is 8.86. The monoisotopic (exact) mass is 185 g/mol. The number of pyridine rings is 1. The highest BCUT2D eigenvalue weighted by Gasteiger charge is 2.10. The molecular formula is C7H7NO3S. The molecule has 0 radical (unpaired) electrons. The van der Waals surface area contributed by atoms with Crippen LogP contribution >= 0.6 is 12.0 Å². The third-order valence-corrected chi connectivity index (χ3v) is 1.49. The molecule has 5 heteroatoms. The van der Waals surface area contributed by atoms with Crippen LogP contribution in [0.2, 0.25) is 0 Å². The van der Waals surface area contributed by atoms with E-state index in [1.165, 1.54) is 12.3 Å². The quantitative estimate of drug-likeness (QED) is 0.722. The average molecular weight is 185 g/mol. The van der Waals surface area contributed by atoms with Crippen LogP contribution in [0.5, 0.6) is 5.88 Å². The first-order valence-corrected chi connectivity index (χ1v) is 4.29. The number of carbonyl (C=O) groups is 1. The van der Waals surface area contributed by atoms with Crippen LogP contribution in [0.25, 0.3) is 0 Å². The molecule has 0 saturated carbocycles. The minimum atomic E-state index is -1.04. The van der Waals surface area contributed by atoms with Crippen LogP contribution in [-0.4, -0.2) is 22.3 Å². The van der Waals surface area contributed by atoms with Crippen LogP contribution in [0.3, 0.4) is 0 Å². The van der Waals surface area contributed by atoms with E-state index in [4.69, 9.17) is 9.29 Å². The van der Waals surface area contributed by atoms with Crippen molar-refractivity contribution in [2.45, 2.75) is 0 Å². The number of carboxylic acid groups (broad SMARTS) is 1. The molecule has 1 aromatic heterocycles. The van der Waals surface area contributed by atoms with E-state index in [0.29, 0.717) is 0 Å². The van der Waals surface area contributed by atoms with Crippen molar-refractivity contribution in [2.24, 2.45) is 0 Å². The summed E-state index contributed by atoms with van der Waals surface area (Å²) in [5.74, 6) is -0.898. The maximum atomic E-state index is 10.6. The molecule has 64 valence electrons. The summed E-state index contributed by atoms with van der Waals surface area (Å²) in [5, 5.41) is 8.66. The van der Waals surface area contributed by atoms with Crippen molar-refractivity contribution in [2.75, 3.05) is 6.26 Å². The van der Waals surface area contributed by atoms with E-state index in [-0.39, 0.29) is 11.4 Å². The Morgan fingerprint density at radius 2 is 2.50 bits per heavy atom. The number of hydrogen-bond donors (Lipinski definition) is 1. The SMILES string of the molecule is CSOc1ncccc1C(=O)O. The van der Waals surface area contributed by atoms with Gasteiger partial charge in [0.2, 0.25) is 5.88 Å². The molecule has 12 heavy (non-hydrogen) atoms. The number of hydrogen-bond acceptors (Lipinski definition) is 4. The molecule has 0 unspecified atom stereocenters. The van der Waals surface area contributed by atoms with E-state index in [1.54, 1.807) is 12.3 Å². The second-order valence-corrected chi connectivity index (χ2v) is 2.41. The van der Waals surface area contributed by atoms with E-state index in [0.717, 1.165) is 12.0 Å². The topological polar surface area (TPSA) is 59.4 Å². The molecule has 0 aliphatic rings. The number of rotatable bonds is 3. The Bertz CT molecular complexity index is 290. The Morgan fingerprint density at radius 3 is 3.08 bits per heavy atom. The lowest BCUT2D eigenvalue weighted by Crippen LogP contribution is -2.00. The smallest absolute Gasteiger partial charge is 0.341 e. The zero-order chi connectivity index (χ0) is 8.97. The van der Waals surface area contributed by atoms with Gasteiger partial charge in [-0.2, -0.15) is 0 Å². The number of aromatic nitrogens is 1. The van der Waals surface area contributed by atoms with Crippen LogP contribution < -0.4 is 4.18 Å². The van der Waals surface area contributed by atoms with Gasteiger partial charge < -0.3 is 9.29 Å². The Balaban J connectivity index is 3.00. The van der Waals surface area contributed by atoms with Crippen molar-refractivity contribution in [3.05, 3.63) is 23.9 Å². The standard InChI is InChI=1S/C7H7NO3S/c1-12-11-6-5(7(9)10)3-2-4-8-6/h2-4H,1H3,(H,9,10). The zero-order valence-corrected chi connectivity index (χ0v) is 7.17. The Morgan fingerprint density at radius 1 is 1.75 bits per heavy atom. The molecule has 0 amide bonds. The Hall–Kier alpha value is -1.23. The van der Waals surface area contributed by atoms with Crippen LogP contribution in [0.4, 0.5) is 0 Å². The highest BCUT2D eigenvalue weighted by molar-refractivity contribution is 7.94. The fourth-order valence-corrected chi connectivity index (χ4v) is 0.990. The van der Waals surface area contributed by atoms with Gasteiger partial charge in [-0.15, -0.1) is 0 Å². The van der Waals surface area contributed by atoms with Gasteiger partial charge in [0.25, 0.3) is 0 Å². The number of nitrogens with zero attached hydrogens (tertiary/aromatic N) is 1. The van der Waals surface area contributed by atoms with Gasteiger partial charge >= 0.3 is 5.97 Å². The largest absolute Gasteiger partial charge is 0.477 e. The molecule has 4 nitrogen and oxygen atoms in total. The summed E-state index contributed by atoms with van der Waals surface area (Å²) in [7, 11) is 0. The molecule has 0 spiro atoms. The molecule has 1 rings (SSSR count). The van der Waals surface area contributed by atoms with Crippen LogP contribution in [0.1, 0.15) is 10.4 Å². The van der Waals surface area contributed by atoms with Crippen molar-refractivity contribution >= 4 is 18.0 Å². The van der Waals surface area contributed by atoms with E-state index < -0.39 is 5.97 Å². The second-order valence-electron chi connectivity index (χ2n) is 1.91. The lowest BCUT2D eigenvalue weighted by Gasteiger charge is -2.01. The Kier molecular flexibility index (Phi) is 2.93. The van der Waals surface area contributed by atoms with Gasteiger partial charge in [0.15, 0.2) is 0 Å². The van der Waals surface area contributed by atoms with E-state index in [1.807, 2.05) is 0 Å². The van der Waals surface area contributed by atoms with Crippen LogP contribution in [0, 0.1) is 0 Å². The summed E-state index contributed by atoms with van der Waals surface area (Å²) < 4.78 is 4.92. The van der Waals surface area contributed by atoms with E-state index in [2.05, 4.69) is 4.98 Å². The van der Waals surface area contributed by atoms with Crippen LogP contribution in [0.15, 0.2) is 18.3 Å². The third-order valence-electron chi connectivity index (χ3n) is 1.16. The molecule has 0 saturated heterocycles. The minimum absolute atomic E-state index is 0.0758. The fraction of sp³-hybridized carbons (Fsp3) is 0.143. The average Bonchev–Trinajstić information content (AvgIpc) is 2.05. The number of carboxylic acids is 1. The Labute approximate surface area is 73.8 Å². The molecule has 0 bridgehead atoms. The summed E-state index contributed by atoms with van der Waals surface area (Å²) in [5.41, 5.74) is 0.0758. The van der Waals surface area contributed by atoms with Gasteiger partial charge in [0.1, 0.15) is 5.56 Å². The molecule has 0 aliphatic carbocycles. The van der Waals surface area contributed by atoms with E-state index >= 15 is 0 Å². The van der Waals surface area contributed by atoms with Crippen molar-refractivity contribution in [1.82, 2.24) is 4.98 Å². The summed E-state index contributed by atoms with van der Waals surface area (Å²) >= 11 is 1.06. The predicted molar refractivity (Wildman–Crippen MR) is 45.3 cm³/mol. The van der Waals surface area contributed by atoms with Crippen molar-refractivity contribution in [3.63, 3.8) is 0 Å². The zero-order valence-electron chi connectivity index (χ0n) is 6.35. The summed E-state index contributed by atoms with van der Waals surface area (Å²) in [6, 6.07) is 3.00. The summed E-state index contributed by atoms with van der Waals surface area (Å²) in [6.45, 7) is 0. The van der Waals surface area contributed by atoms with E-state index in [9.17, 15) is 4.79 Å². The predicted octanol–water partition coefficient (Wildman–Crippen LogP) is 1.44. The highest BCUT2D eigenvalue weighted by atomic mass is 32.2. The molecule has 1 N–H and O–H groups in total. The van der Waals surface area contributed by atoms with Gasteiger partial charge in [-0.3, -0.25) is 0 Å². The summed E-state index contributed by atoms with van der Waals surface area (Å²) in [4.78, 5) is 14.3. The molecule has 0 fully saturated rings. The molecule has 1 aromatic rings. The lowest BCUT2D eigenvalue weighted by atomic mass is 10.3. The molecular weight excluding hydrogens is 178 g/mol. The first-order valence-electron chi connectivity index (χ1n) is 3.14. The van der Waals surface area contributed by atoms with Gasteiger partial charge in [-0.25, -0.2) is 9.78 Å². The lowest BCUT2D eigenvalue weighted by molar-refractivity contribution is 0.0694.